The van der Waals surface area contributed by atoms with E-state index in [1.807, 2.05) is 43.3 Å². The summed E-state index contributed by atoms with van der Waals surface area (Å²) in [6.07, 6.45) is 2.16. The van der Waals surface area contributed by atoms with Gasteiger partial charge in [-0.1, -0.05) is 25.5 Å². The Balaban J connectivity index is 1.70. The van der Waals surface area contributed by atoms with Gasteiger partial charge in [0, 0.05) is 23.2 Å². The molecule has 0 aliphatic rings. The maximum atomic E-state index is 11.8. The molecule has 140 valence electrons. The summed E-state index contributed by atoms with van der Waals surface area (Å²) in [4.78, 5) is 16.4. The Morgan fingerprint density at radius 1 is 1.04 bits per heavy atom. The molecule has 0 saturated heterocycles. The molecular formula is C21H24N4O2. The maximum absolute atomic E-state index is 11.8. The Kier molecular flexibility index (Phi) is 6.20. The first-order valence-corrected chi connectivity index (χ1v) is 9.25. The van der Waals surface area contributed by atoms with Gasteiger partial charge in [0.05, 0.1) is 6.61 Å². The second kappa shape index (κ2) is 8.98. The number of H-pyrrole nitrogens is 1. The molecule has 6 nitrogen and oxygen atoms in total. The number of benzene rings is 2. The molecule has 0 aliphatic heterocycles. The van der Waals surface area contributed by atoms with E-state index in [0.29, 0.717) is 23.8 Å². The summed E-state index contributed by atoms with van der Waals surface area (Å²) in [6, 6.07) is 15.1. The quantitative estimate of drug-likeness (QED) is 0.591. The highest BCUT2D eigenvalue weighted by atomic mass is 16.5. The first kappa shape index (κ1) is 18.6. The average molecular weight is 364 g/mol. The van der Waals surface area contributed by atoms with Gasteiger partial charge >= 0.3 is 0 Å². The van der Waals surface area contributed by atoms with Crippen molar-refractivity contribution in [1.29, 1.82) is 0 Å². The van der Waals surface area contributed by atoms with E-state index in [-0.39, 0.29) is 5.91 Å². The molecule has 1 amide bonds. The highest BCUT2D eigenvalue weighted by Crippen LogP contribution is 2.22. The summed E-state index contributed by atoms with van der Waals surface area (Å²) in [5.41, 5.74) is 2.42. The molecule has 0 atom stereocenters. The van der Waals surface area contributed by atoms with Crippen molar-refractivity contribution in [2.45, 2.75) is 26.7 Å². The van der Waals surface area contributed by atoms with Crippen LogP contribution in [-0.2, 0) is 0 Å². The number of amides is 1. The predicted molar refractivity (Wildman–Crippen MR) is 106 cm³/mol. The first-order chi connectivity index (χ1) is 13.2. The van der Waals surface area contributed by atoms with Crippen LogP contribution in [0.25, 0.3) is 22.8 Å². The summed E-state index contributed by atoms with van der Waals surface area (Å²) < 4.78 is 5.68. The van der Waals surface area contributed by atoms with Crippen molar-refractivity contribution in [2.24, 2.45) is 0 Å². The van der Waals surface area contributed by atoms with Gasteiger partial charge in [-0.2, -0.15) is 5.10 Å². The summed E-state index contributed by atoms with van der Waals surface area (Å²) in [5.74, 6) is 2.06. The minimum atomic E-state index is -0.0800. The normalized spacial score (nSPS) is 10.6. The number of hydrogen-bond acceptors (Lipinski definition) is 4. The number of aromatic amines is 1. The number of nitrogens with zero attached hydrogens (tertiary/aromatic N) is 2. The fourth-order valence-corrected chi connectivity index (χ4v) is 2.60. The van der Waals surface area contributed by atoms with Gasteiger partial charge in [0.2, 0.25) is 0 Å². The molecule has 0 fully saturated rings. The summed E-state index contributed by atoms with van der Waals surface area (Å²) in [7, 11) is 0. The van der Waals surface area contributed by atoms with Crippen molar-refractivity contribution in [3.05, 3.63) is 54.1 Å². The fraction of sp³-hybridized carbons (Fsp3) is 0.286. The fourth-order valence-electron chi connectivity index (χ4n) is 2.60. The van der Waals surface area contributed by atoms with E-state index < -0.39 is 0 Å². The minimum Gasteiger partial charge on any atom is -0.494 e. The van der Waals surface area contributed by atoms with Crippen LogP contribution in [0.1, 0.15) is 37.0 Å². The lowest BCUT2D eigenvalue weighted by molar-refractivity contribution is 0.0956. The molecule has 0 saturated carbocycles. The molecule has 3 rings (SSSR count). The van der Waals surface area contributed by atoms with E-state index in [0.717, 1.165) is 36.3 Å². The van der Waals surface area contributed by atoms with Crippen LogP contribution in [0, 0.1) is 0 Å². The molecule has 6 heteroatoms. The highest BCUT2D eigenvalue weighted by molar-refractivity contribution is 5.94. The number of hydrogen-bond donors (Lipinski definition) is 2. The third-order valence-corrected chi connectivity index (χ3v) is 4.12. The molecule has 1 aromatic heterocycles. The molecule has 27 heavy (non-hydrogen) atoms. The van der Waals surface area contributed by atoms with Gasteiger partial charge in [-0.05, 0) is 49.7 Å². The van der Waals surface area contributed by atoms with E-state index in [4.69, 9.17) is 4.74 Å². The molecule has 2 aromatic carbocycles. The molecule has 2 N–H and O–H groups in total. The van der Waals surface area contributed by atoms with Crippen molar-refractivity contribution in [2.75, 3.05) is 13.2 Å². The molecule has 0 unspecified atom stereocenters. The van der Waals surface area contributed by atoms with Crippen molar-refractivity contribution in [3.63, 3.8) is 0 Å². The van der Waals surface area contributed by atoms with Gasteiger partial charge in [0.1, 0.15) is 5.75 Å². The van der Waals surface area contributed by atoms with E-state index in [1.165, 1.54) is 0 Å². The zero-order valence-electron chi connectivity index (χ0n) is 15.7. The maximum Gasteiger partial charge on any atom is 0.251 e. The van der Waals surface area contributed by atoms with Crippen LogP contribution >= 0.6 is 0 Å². The monoisotopic (exact) mass is 364 g/mol. The third-order valence-electron chi connectivity index (χ3n) is 4.12. The van der Waals surface area contributed by atoms with Crippen LogP contribution in [0.3, 0.4) is 0 Å². The zero-order chi connectivity index (χ0) is 19.1. The smallest absolute Gasteiger partial charge is 0.251 e. The first-order valence-electron chi connectivity index (χ1n) is 9.25. The van der Waals surface area contributed by atoms with Crippen LogP contribution in [0.4, 0.5) is 0 Å². The number of nitrogens with one attached hydrogen (secondary N) is 2. The van der Waals surface area contributed by atoms with Crippen LogP contribution in [0.5, 0.6) is 5.75 Å². The second-order valence-electron chi connectivity index (χ2n) is 6.17. The Labute approximate surface area is 159 Å². The van der Waals surface area contributed by atoms with Crippen molar-refractivity contribution < 1.29 is 9.53 Å². The third kappa shape index (κ3) is 4.73. The van der Waals surface area contributed by atoms with Gasteiger partial charge in [0.25, 0.3) is 5.91 Å². The number of carbonyl (C=O) groups excluding carboxylic acids is 1. The number of carbonyl (C=O) groups is 1. The van der Waals surface area contributed by atoms with Crippen LogP contribution in [0.15, 0.2) is 48.5 Å². The molecular weight excluding hydrogens is 340 g/mol. The molecule has 3 aromatic rings. The molecule has 0 aliphatic carbocycles. The SMILES string of the molecule is CCCCOc1ccc(-c2n[nH]c(-c3ccc(C(=O)NCC)cc3)n2)cc1. The van der Waals surface area contributed by atoms with Crippen LogP contribution in [-0.4, -0.2) is 34.2 Å². The van der Waals surface area contributed by atoms with Gasteiger partial charge < -0.3 is 10.1 Å². The second-order valence-corrected chi connectivity index (χ2v) is 6.17. The summed E-state index contributed by atoms with van der Waals surface area (Å²) in [5, 5.41) is 10.0. The number of rotatable bonds is 8. The Morgan fingerprint density at radius 2 is 1.74 bits per heavy atom. The lowest BCUT2D eigenvalue weighted by Gasteiger charge is -2.05. The zero-order valence-corrected chi connectivity index (χ0v) is 15.7. The lowest BCUT2D eigenvalue weighted by atomic mass is 10.1. The lowest BCUT2D eigenvalue weighted by Crippen LogP contribution is -2.22. The van der Waals surface area contributed by atoms with Gasteiger partial charge in [0.15, 0.2) is 11.6 Å². The highest BCUT2D eigenvalue weighted by Gasteiger charge is 2.09. The molecule has 0 radical (unpaired) electrons. The van der Waals surface area contributed by atoms with E-state index in [9.17, 15) is 4.79 Å². The van der Waals surface area contributed by atoms with E-state index >= 15 is 0 Å². The summed E-state index contributed by atoms with van der Waals surface area (Å²) >= 11 is 0. The Morgan fingerprint density at radius 3 is 2.41 bits per heavy atom. The Bertz CT molecular complexity index is 870. The van der Waals surface area contributed by atoms with Crippen LogP contribution in [0.2, 0.25) is 0 Å². The minimum absolute atomic E-state index is 0.0800. The largest absolute Gasteiger partial charge is 0.494 e. The Hall–Kier alpha value is -3.15. The van der Waals surface area contributed by atoms with E-state index in [2.05, 4.69) is 27.4 Å². The van der Waals surface area contributed by atoms with Crippen molar-refractivity contribution in [1.82, 2.24) is 20.5 Å². The predicted octanol–water partition coefficient (Wildman–Crippen LogP) is 4.07. The molecule has 0 bridgehead atoms. The van der Waals surface area contributed by atoms with Gasteiger partial charge in [-0.15, -0.1) is 0 Å². The molecule has 1 heterocycles. The van der Waals surface area contributed by atoms with Crippen molar-refractivity contribution >= 4 is 5.91 Å². The number of unbranched alkanes of at least 4 members (excludes halogenated alkanes) is 1. The molecule has 0 spiro atoms. The van der Waals surface area contributed by atoms with Crippen molar-refractivity contribution in [3.8, 4) is 28.5 Å². The van der Waals surface area contributed by atoms with Gasteiger partial charge in [-0.3, -0.25) is 9.89 Å². The average Bonchev–Trinajstić information content (AvgIpc) is 3.19. The van der Waals surface area contributed by atoms with Gasteiger partial charge in [-0.25, -0.2) is 4.98 Å². The topological polar surface area (TPSA) is 79.9 Å². The number of ether oxygens (including phenoxy) is 1. The summed E-state index contributed by atoms with van der Waals surface area (Å²) in [6.45, 7) is 5.37. The number of aromatic nitrogens is 3. The van der Waals surface area contributed by atoms with Crippen LogP contribution < -0.4 is 10.1 Å². The van der Waals surface area contributed by atoms with E-state index in [1.54, 1.807) is 12.1 Å². The standard InChI is InChI=1S/C21H24N4O2/c1-3-5-14-27-18-12-10-16(11-13-18)20-23-19(24-25-20)15-6-8-17(9-7-15)21(26)22-4-2/h6-13H,3-5,14H2,1-2H3,(H,22,26)(H,23,24,25).